The van der Waals surface area contributed by atoms with Gasteiger partial charge in [0.05, 0.1) is 24.6 Å². The van der Waals surface area contributed by atoms with Crippen LogP contribution in [-0.2, 0) is 56.0 Å². The van der Waals surface area contributed by atoms with Crippen LogP contribution in [0.4, 0.5) is 0 Å². The number of amides is 8. The average Bonchev–Trinajstić information content (AvgIpc) is 4.08. The van der Waals surface area contributed by atoms with Crippen molar-refractivity contribution in [3.05, 3.63) is 48.0 Å². The van der Waals surface area contributed by atoms with Crippen molar-refractivity contribution in [3.63, 3.8) is 0 Å². The molecule has 1 aromatic carbocycles. The van der Waals surface area contributed by atoms with Crippen LogP contribution in [0.5, 0.6) is 5.75 Å². The van der Waals surface area contributed by atoms with Crippen molar-refractivity contribution in [2.24, 2.45) is 29.2 Å². The van der Waals surface area contributed by atoms with Crippen LogP contribution in [0.3, 0.4) is 0 Å². The van der Waals surface area contributed by atoms with Crippen molar-refractivity contribution in [2.75, 3.05) is 13.1 Å². The maximum Gasteiger partial charge on any atom is 0.326 e. The summed E-state index contributed by atoms with van der Waals surface area (Å²) in [4.78, 5) is 132. The monoisotopic (exact) mass is 1080 g/mol. The molecule has 16 N–H and O–H groups in total. The fraction of sp³-hybridized carbons (Fsp3) is 0.654. The zero-order valence-corrected chi connectivity index (χ0v) is 45.5. The van der Waals surface area contributed by atoms with E-state index < -0.39 is 120 Å². The van der Waals surface area contributed by atoms with Gasteiger partial charge in [0.15, 0.2) is 0 Å². The van der Waals surface area contributed by atoms with Gasteiger partial charge in [-0.15, -0.1) is 0 Å². The Labute approximate surface area is 450 Å². The van der Waals surface area contributed by atoms with Gasteiger partial charge in [0, 0.05) is 31.3 Å². The summed E-state index contributed by atoms with van der Waals surface area (Å²) >= 11 is 0. The van der Waals surface area contributed by atoms with Gasteiger partial charge in [-0.25, -0.2) is 9.78 Å². The van der Waals surface area contributed by atoms with Gasteiger partial charge in [-0.2, -0.15) is 0 Å². The summed E-state index contributed by atoms with van der Waals surface area (Å²) in [6.45, 7) is 13.8. The zero-order valence-electron chi connectivity index (χ0n) is 45.5. The number of likely N-dealkylation sites (tertiary alicyclic amines) is 1. The molecule has 25 nitrogen and oxygen atoms in total. The fourth-order valence-electron chi connectivity index (χ4n) is 8.80. The average molecular weight is 1090 g/mol. The molecule has 2 aromatic rings. The number of aromatic nitrogens is 2. The SMILES string of the molecule is CC[C@H](C)[C@H](NC(=O)[C@@H](N)CC(C)C)C(=O)N[C@@H](Cc1cnc[nH]1)C(=O)N1CCC[C@H]1C(=O)N[C@H](C(=O)N[C@@H](CCCCN)C(=O)N[C@@H](CC(C)C)C(=O)N[C@H](C(=O)N[C@@H](Cc1ccc(O)cc1)C(=O)O)[C@@H](C)O)[C@@H](C)O. The van der Waals surface area contributed by atoms with Crippen LogP contribution in [0.1, 0.15) is 118 Å². The molecule has 0 unspecified atom stereocenters. The van der Waals surface area contributed by atoms with Crippen LogP contribution in [-0.4, -0.2) is 168 Å². The van der Waals surface area contributed by atoms with Crippen LogP contribution in [0, 0.1) is 17.8 Å². The first kappa shape index (κ1) is 64.6. The van der Waals surface area contributed by atoms with Crippen LogP contribution < -0.4 is 48.7 Å². The molecule has 1 aliphatic heterocycles. The molecule has 1 aromatic heterocycles. The second kappa shape index (κ2) is 31.5. The molecular formula is C52H84N12O13. The van der Waals surface area contributed by atoms with E-state index in [-0.39, 0.29) is 68.7 Å². The molecule has 12 atom stereocenters. The minimum absolute atomic E-state index is 0.00530. The van der Waals surface area contributed by atoms with Gasteiger partial charge < -0.3 is 79.0 Å². The topological polar surface area (TPSA) is 403 Å². The number of nitrogens with one attached hydrogen (secondary N) is 8. The number of aliphatic hydroxyl groups is 2. The predicted octanol–water partition coefficient (Wildman–Crippen LogP) is -1.27. The van der Waals surface area contributed by atoms with Crippen molar-refractivity contribution in [2.45, 2.75) is 186 Å². The Morgan fingerprint density at radius 3 is 1.78 bits per heavy atom. The second-order valence-electron chi connectivity index (χ2n) is 20.9. The van der Waals surface area contributed by atoms with Crippen LogP contribution in [0.25, 0.3) is 0 Å². The number of nitrogens with zero attached hydrogens (tertiary/aromatic N) is 2. The largest absolute Gasteiger partial charge is 0.508 e. The lowest BCUT2D eigenvalue weighted by Gasteiger charge is -2.32. The third kappa shape index (κ3) is 20.6. The lowest BCUT2D eigenvalue weighted by Crippen LogP contribution is -2.62. The Kier molecular flexibility index (Phi) is 26.4. The molecule has 77 heavy (non-hydrogen) atoms. The summed E-state index contributed by atoms with van der Waals surface area (Å²) in [6.07, 6.45) is 1.64. The van der Waals surface area contributed by atoms with Crippen molar-refractivity contribution in [1.29, 1.82) is 0 Å². The van der Waals surface area contributed by atoms with Gasteiger partial charge in [-0.05, 0) is 101 Å². The number of aliphatic hydroxyl groups excluding tert-OH is 2. The number of hydrogen-bond acceptors (Lipinski definition) is 15. The van der Waals surface area contributed by atoms with E-state index in [9.17, 15) is 63.6 Å². The standard InChI is InChI=1S/C52H84N12O13/c1-9-29(6)41(61-44(68)35(54)21-27(2)3)48(72)59-38(24-33-25-55-26-56-33)51(75)64-20-12-14-40(64)47(71)63-43(31(8)66)49(73)57-36(13-10-11-19-53)45(69)58-37(22-28(4)5)46(70)62-42(30(7)65)50(74)60-39(52(76)77)23-32-15-17-34(67)18-16-32/h15-18,25-31,35-43,65-67H,9-14,19-24,53-54H2,1-8H3,(H,55,56)(H,57,73)(H,58,69)(H,59,72)(H,60,74)(H,61,68)(H,62,70)(H,63,71)(H,76,77)/t29-,30+,31+,35-,36-,37-,38-,39-,40-,41-,42-,43-/m0/s1. The van der Waals surface area contributed by atoms with Gasteiger partial charge in [0.1, 0.15) is 54.1 Å². The third-order valence-corrected chi connectivity index (χ3v) is 13.3. The Morgan fingerprint density at radius 2 is 1.23 bits per heavy atom. The number of nitrogens with two attached hydrogens (primary N) is 2. The molecule has 430 valence electrons. The molecule has 0 bridgehead atoms. The first-order valence-corrected chi connectivity index (χ1v) is 26.5. The number of H-pyrrole nitrogens is 1. The number of rotatable bonds is 32. The smallest absolute Gasteiger partial charge is 0.326 e. The predicted molar refractivity (Wildman–Crippen MR) is 283 cm³/mol. The maximum absolute atomic E-state index is 14.5. The number of aromatic amines is 1. The Hall–Kier alpha value is -6.70. The highest BCUT2D eigenvalue weighted by atomic mass is 16.4. The number of unbranched alkanes of at least 4 members (excludes halogenated alkanes) is 1. The van der Waals surface area contributed by atoms with E-state index in [2.05, 4.69) is 47.2 Å². The van der Waals surface area contributed by atoms with Crippen molar-refractivity contribution in [1.82, 2.24) is 52.1 Å². The molecule has 0 aliphatic carbocycles. The van der Waals surface area contributed by atoms with Gasteiger partial charge in [0.2, 0.25) is 47.3 Å². The molecule has 0 radical (unpaired) electrons. The molecule has 3 rings (SSSR count). The summed E-state index contributed by atoms with van der Waals surface area (Å²) in [5.41, 5.74) is 12.8. The molecule has 2 heterocycles. The number of hydrogen-bond donors (Lipinski definition) is 14. The van der Waals surface area contributed by atoms with Gasteiger partial charge in [0.25, 0.3) is 0 Å². The molecule has 8 amide bonds. The van der Waals surface area contributed by atoms with Crippen molar-refractivity contribution >= 4 is 53.2 Å². The Morgan fingerprint density at radius 1 is 0.688 bits per heavy atom. The first-order valence-electron chi connectivity index (χ1n) is 26.5. The van der Waals surface area contributed by atoms with Crippen molar-refractivity contribution in [3.8, 4) is 5.75 Å². The normalized spacial score (nSPS) is 17.7. The van der Waals surface area contributed by atoms with Crippen LogP contribution in [0.15, 0.2) is 36.8 Å². The summed E-state index contributed by atoms with van der Waals surface area (Å²) in [5.74, 6) is -8.34. The van der Waals surface area contributed by atoms with E-state index in [0.717, 1.165) is 0 Å². The van der Waals surface area contributed by atoms with Gasteiger partial charge >= 0.3 is 5.97 Å². The van der Waals surface area contributed by atoms with E-state index in [1.54, 1.807) is 20.8 Å². The van der Waals surface area contributed by atoms with E-state index in [1.165, 1.54) is 55.5 Å². The lowest BCUT2D eigenvalue weighted by molar-refractivity contribution is -0.143. The van der Waals surface area contributed by atoms with E-state index in [1.807, 2.05) is 20.8 Å². The summed E-state index contributed by atoms with van der Waals surface area (Å²) in [6, 6.07) is -6.29. The number of aromatic hydroxyl groups is 1. The zero-order chi connectivity index (χ0) is 57.7. The van der Waals surface area contributed by atoms with Gasteiger partial charge in [-0.1, -0.05) is 60.1 Å². The van der Waals surface area contributed by atoms with E-state index in [0.29, 0.717) is 43.4 Å². The summed E-state index contributed by atoms with van der Waals surface area (Å²) in [7, 11) is 0. The molecule has 25 heteroatoms. The highest BCUT2D eigenvalue weighted by molar-refractivity contribution is 5.98. The number of benzene rings is 1. The number of aliphatic carboxylic acids is 1. The van der Waals surface area contributed by atoms with Crippen LogP contribution in [0.2, 0.25) is 0 Å². The number of carbonyl (C=O) groups excluding carboxylic acids is 8. The maximum atomic E-state index is 14.5. The molecular weight excluding hydrogens is 1000 g/mol. The fourth-order valence-corrected chi connectivity index (χ4v) is 8.80. The quantitative estimate of drug-likeness (QED) is 0.0380. The molecule has 1 aliphatic rings. The molecule has 1 fully saturated rings. The van der Waals surface area contributed by atoms with Crippen molar-refractivity contribution < 1.29 is 63.6 Å². The number of phenolic OH excluding ortho intramolecular Hbond substituents is 1. The minimum Gasteiger partial charge on any atom is -0.508 e. The van der Waals surface area contributed by atoms with Gasteiger partial charge in [-0.3, -0.25) is 38.4 Å². The number of imidazole rings is 1. The number of carboxylic acid groups (broad SMARTS) is 1. The second-order valence-corrected chi connectivity index (χ2v) is 20.9. The minimum atomic E-state index is -1.68. The van der Waals surface area contributed by atoms with E-state index >= 15 is 0 Å². The molecule has 0 saturated carbocycles. The number of carbonyl (C=O) groups is 9. The Bertz CT molecular complexity index is 2260. The number of carboxylic acids is 1. The molecule has 0 spiro atoms. The third-order valence-electron chi connectivity index (χ3n) is 13.3. The molecule has 1 saturated heterocycles. The lowest BCUT2D eigenvalue weighted by atomic mass is 9.96. The number of phenols is 1. The Balaban J connectivity index is 1.82. The van der Waals surface area contributed by atoms with E-state index in [4.69, 9.17) is 11.5 Å². The first-order chi connectivity index (χ1) is 36.3. The van der Waals surface area contributed by atoms with Crippen LogP contribution >= 0.6 is 0 Å². The highest BCUT2D eigenvalue weighted by Gasteiger charge is 2.42. The summed E-state index contributed by atoms with van der Waals surface area (Å²) < 4.78 is 0. The highest BCUT2D eigenvalue weighted by Crippen LogP contribution is 2.21. The summed E-state index contributed by atoms with van der Waals surface area (Å²) in [5, 5.41) is 59.2.